The number of ether oxygens (including phenoxy) is 3. The minimum atomic E-state index is -0.629. The lowest BCUT2D eigenvalue weighted by Crippen LogP contribution is -2.36. The second-order valence-corrected chi connectivity index (χ2v) is 8.47. The number of ketones is 1. The van der Waals surface area contributed by atoms with E-state index < -0.39 is 11.9 Å². The van der Waals surface area contributed by atoms with E-state index in [1.54, 1.807) is 26.2 Å². The number of halogens is 1. The van der Waals surface area contributed by atoms with E-state index in [2.05, 4.69) is 5.32 Å². The van der Waals surface area contributed by atoms with Crippen molar-refractivity contribution in [1.29, 1.82) is 0 Å². The fourth-order valence-corrected chi connectivity index (χ4v) is 4.71. The molecule has 1 aliphatic heterocycles. The molecule has 1 aliphatic carbocycles. The highest BCUT2D eigenvalue weighted by Crippen LogP contribution is 2.45. The third-order valence-corrected chi connectivity index (χ3v) is 6.36. The van der Waals surface area contributed by atoms with E-state index in [4.69, 9.17) is 14.2 Å². The number of esters is 1. The van der Waals surface area contributed by atoms with E-state index in [-0.39, 0.29) is 30.7 Å². The summed E-state index contributed by atoms with van der Waals surface area (Å²) in [6.07, 6.45) is 0.935. The Balaban J connectivity index is 1.72. The molecule has 0 saturated heterocycles. The van der Waals surface area contributed by atoms with Crippen molar-refractivity contribution in [3.05, 3.63) is 88.0 Å². The molecule has 178 valence electrons. The van der Waals surface area contributed by atoms with Gasteiger partial charge in [0.1, 0.15) is 18.2 Å². The van der Waals surface area contributed by atoms with Crippen LogP contribution >= 0.6 is 0 Å². The third-order valence-electron chi connectivity index (χ3n) is 6.36. The Bertz CT molecular complexity index is 1130. The summed E-state index contributed by atoms with van der Waals surface area (Å²) in [7, 11) is 3.14. The zero-order chi connectivity index (χ0) is 24.2. The Morgan fingerprint density at radius 3 is 2.32 bits per heavy atom. The number of nitrogens with one attached hydrogen (secondary N) is 1. The maximum atomic E-state index is 13.7. The molecule has 6 nitrogen and oxygen atoms in total. The summed E-state index contributed by atoms with van der Waals surface area (Å²) in [5, 5.41) is 3.31. The molecular formula is C27H28FNO5. The fraction of sp³-hybridized carbons (Fsp3) is 0.333. The van der Waals surface area contributed by atoms with Crippen LogP contribution in [0.5, 0.6) is 5.75 Å². The molecule has 0 fully saturated rings. The van der Waals surface area contributed by atoms with Gasteiger partial charge in [-0.25, -0.2) is 9.18 Å². The van der Waals surface area contributed by atoms with Crippen LogP contribution in [0, 0.1) is 5.82 Å². The molecule has 2 atom stereocenters. The smallest absolute Gasteiger partial charge is 0.336 e. The van der Waals surface area contributed by atoms with Gasteiger partial charge in [-0.2, -0.15) is 0 Å². The Morgan fingerprint density at radius 1 is 1.00 bits per heavy atom. The van der Waals surface area contributed by atoms with Crippen LogP contribution in [0.2, 0.25) is 0 Å². The topological polar surface area (TPSA) is 73.9 Å². The van der Waals surface area contributed by atoms with Crippen LogP contribution in [0.4, 0.5) is 4.39 Å². The number of methoxy groups -OCH3 is 2. The SMILES string of the molecule is COCCOC(=O)C1=C(C)NC2=C(C(=O)C[C@H](c3ccc(OC)cc3)C2)[C@H]1c1ccc(F)cc1. The first-order valence-corrected chi connectivity index (χ1v) is 11.2. The highest BCUT2D eigenvalue weighted by Gasteiger charge is 2.41. The molecule has 0 radical (unpaired) electrons. The standard InChI is InChI=1S/C27H28FNO5/c1-16-24(27(31)34-13-12-32-2)25(18-4-8-20(28)9-5-18)26-22(29-16)14-19(15-23(26)30)17-6-10-21(33-3)11-7-17/h4-11,19,25,29H,12-15H2,1-3H3/t19-,25+/m1/s1. The zero-order valence-electron chi connectivity index (χ0n) is 19.5. The Kier molecular flexibility index (Phi) is 7.12. The van der Waals surface area contributed by atoms with Crippen LogP contribution in [0.25, 0.3) is 0 Å². The number of allylic oxidation sites excluding steroid dienone is 3. The predicted octanol–water partition coefficient (Wildman–Crippen LogP) is 4.39. The molecule has 0 amide bonds. The Morgan fingerprint density at radius 2 is 1.68 bits per heavy atom. The van der Waals surface area contributed by atoms with Gasteiger partial charge in [-0.15, -0.1) is 0 Å². The number of rotatable bonds is 7. The van der Waals surface area contributed by atoms with Crippen molar-refractivity contribution < 1.29 is 28.2 Å². The van der Waals surface area contributed by atoms with Gasteiger partial charge in [0.25, 0.3) is 0 Å². The molecular weight excluding hydrogens is 437 g/mol. The van der Waals surface area contributed by atoms with Gasteiger partial charge in [0.2, 0.25) is 0 Å². The van der Waals surface area contributed by atoms with Crippen LogP contribution in [0.1, 0.15) is 42.7 Å². The highest BCUT2D eigenvalue weighted by molar-refractivity contribution is 6.04. The van der Waals surface area contributed by atoms with E-state index >= 15 is 0 Å². The van der Waals surface area contributed by atoms with Gasteiger partial charge >= 0.3 is 5.97 Å². The Labute approximate surface area is 198 Å². The van der Waals surface area contributed by atoms with Crippen molar-refractivity contribution in [2.24, 2.45) is 0 Å². The molecule has 0 unspecified atom stereocenters. The highest BCUT2D eigenvalue weighted by atomic mass is 19.1. The van der Waals surface area contributed by atoms with E-state index in [0.717, 1.165) is 17.0 Å². The molecule has 0 bridgehead atoms. The van der Waals surface area contributed by atoms with E-state index in [0.29, 0.717) is 35.2 Å². The van der Waals surface area contributed by atoms with Crippen LogP contribution in [-0.4, -0.2) is 39.2 Å². The van der Waals surface area contributed by atoms with Gasteiger partial charge in [0.05, 0.1) is 19.3 Å². The van der Waals surface area contributed by atoms with Crippen molar-refractivity contribution in [3.63, 3.8) is 0 Å². The number of hydrogen-bond donors (Lipinski definition) is 1. The lowest BCUT2D eigenvalue weighted by molar-refractivity contribution is -0.140. The summed E-state index contributed by atoms with van der Waals surface area (Å²) >= 11 is 0. The summed E-state index contributed by atoms with van der Waals surface area (Å²) in [6.45, 7) is 2.17. The number of hydrogen-bond acceptors (Lipinski definition) is 6. The van der Waals surface area contributed by atoms with Gasteiger partial charge in [0.15, 0.2) is 5.78 Å². The number of carbonyl (C=O) groups is 2. The average Bonchev–Trinajstić information content (AvgIpc) is 2.83. The lowest BCUT2D eigenvalue weighted by atomic mass is 9.72. The summed E-state index contributed by atoms with van der Waals surface area (Å²) in [5.74, 6) is -0.816. The van der Waals surface area contributed by atoms with Crippen molar-refractivity contribution in [2.45, 2.75) is 31.6 Å². The minimum Gasteiger partial charge on any atom is -0.497 e. The summed E-state index contributed by atoms with van der Waals surface area (Å²) in [4.78, 5) is 26.6. The monoisotopic (exact) mass is 465 g/mol. The Hall–Kier alpha value is -3.45. The van der Waals surface area contributed by atoms with Crippen molar-refractivity contribution in [2.75, 3.05) is 27.4 Å². The lowest BCUT2D eigenvalue weighted by Gasteiger charge is -2.36. The average molecular weight is 466 g/mol. The van der Waals surface area contributed by atoms with Crippen LogP contribution < -0.4 is 10.1 Å². The quantitative estimate of drug-likeness (QED) is 0.483. The predicted molar refractivity (Wildman–Crippen MR) is 125 cm³/mol. The molecule has 0 spiro atoms. The number of benzene rings is 2. The molecule has 2 aromatic rings. The molecule has 7 heteroatoms. The van der Waals surface area contributed by atoms with Crippen LogP contribution in [-0.2, 0) is 19.1 Å². The molecule has 4 rings (SSSR count). The third kappa shape index (κ3) is 4.75. The second kappa shape index (κ2) is 10.2. The first-order valence-electron chi connectivity index (χ1n) is 11.2. The van der Waals surface area contributed by atoms with Crippen molar-refractivity contribution in [3.8, 4) is 5.75 Å². The molecule has 2 aromatic carbocycles. The van der Waals surface area contributed by atoms with Crippen LogP contribution in [0.3, 0.4) is 0 Å². The summed E-state index contributed by atoms with van der Waals surface area (Å²) in [6, 6.07) is 13.6. The van der Waals surface area contributed by atoms with Crippen LogP contribution in [0.15, 0.2) is 71.1 Å². The number of Topliss-reactive ketones (excluding diaryl/α,β-unsaturated/α-hetero) is 1. The fourth-order valence-electron chi connectivity index (χ4n) is 4.71. The van der Waals surface area contributed by atoms with E-state index in [1.807, 2.05) is 24.3 Å². The number of carbonyl (C=O) groups excluding carboxylic acids is 2. The maximum Gasteiger partial charge on any atom is 0.336 e. The molecule has 1 heterocycles. The summed E-state index contributed by atoms with van der Waals surface area (Å²) < 4.78 is 29.3. The molecule has 0 saturated carbocycles. The zero-order valence-corrected chi connectivity index (χ0v) is 19.5. The first kappa shape index (κ1) is 23.7. The van der Waals surface area contributed by atoms with Gasteiger partial charge in [-0.05, 0) is 54.7 Å². The molecule has 0 aromatic heterocycles. The van der Waals surface area contributed by atoms with Gasteiger partial charge in [0, 0.05) is 36.4 Å². The summed E-state index contributed by atoms with van der Waals surface area (Å²) in [5.41, 5.74) is 4.03. The molecule has 1 N–H and O–H groups in total. The maximum absolute atomic E-state index is 13.7. The molecule has 2 aliphatic rings. The van der Waals surface area contributed by atoms with Gasteiger partial charge in [-0.1, -0.05) is 24.3 Å². The minimum absolute atomic E-state index is 0.00142. The van der Waals surface area contributed by atoms with E-state index in [1.165, 1.54) is 19.2 Å². The number of dihydropyridines is 1. The largest absolute Gasteiger partial charge is 0.497 e. The van der Waals surface area contributed by atoms with Crippen molar-refractivity contribution >= 4 is 11.8 Å². The first-order chi connectivity index (χ1) is 16.4. The van der Waals surface area contributed by atoms with Gasteiger partial charge < -0.3 is 19.5 Å². The van der Waals surface area contributed by atoms with E-state index in [9.17, 15) is 14.0 Å². The second-order valence-electron chi connectivity index (χ2n) is 8.47. The molecule has 34 heavy (non-hydrogen) atoms. The normalized spacial score (nSPS) is 20.1. The van der Waals surface area contributed by atoms with Crippen molar-refractivity contribution in [1.82, 2.24) is 5.32 Å². The van der Waals surface area contributed by atoms with Gasteiger partial charge in [-0.3, -0.25) is 4.79 Å².